The van der Waals surface area contributed by atoms with Crippen molar-refractivity contribution in [1.29, 1.82) is 0 Å². The van der Waals surface area contributed by atoms with E-state index in [4.69, 9.17) is 1.37 Å². The van der Waals surface area contributed by atoms with Crippen LogP contribution in [0.2, 0.25) is 0 Å². The number of benzene rings is 8. The van der Waals surface area contributed by atoms with E-state index >= 15 is 0 Å². The summed E-state index contributed by atoms with van der Waals surface area (Å²) >= 11 is 1.89. The van der Waals surface area contributed by atoms with E-state index < -0.39 is 0 Å². The lowest BCUT2D eigenvalue weighted by Crippen LogP contribution is -1.91. The van der Waals surface area contributed by atoms with E-state index in [0.29, 0.717) is 6.04 Å². The zero-order valence-corrected chi connectivity index (χ0v) is 25.1. The van der Waals surface area contributed by atoms with E-state index in [9.17, 15) is 0 Å². The molecule has 0 bridgehead atoms. The molecule has 0 N–H and O–H groups in total. The Bertz CT molecular complexity index is 2570. The van der Waals surface area contributed by atoms with Crippen LogP contribution in [0.25, 0.3) is 85.9 Å². The second-order valence-corrected chi connectivity index (χ2v) is 12.8. The van der Waals surface area contributed by atoms with Crippen LogP contribution in [0, 0.1) is 6.92 Å². The molecule has 0 aliphatic rings. The van der Waals surface area contributed by atoms with E-state index in [1.807, 2.05) is 29.5 Å². The minimum Gasteiger partial charge on any atom is -0.135 e. The third kappa shape index (κ3) is 3.90. The molecule has 0 amide bonds. The molecular weight excluding hydrogens is 549 g/mol. The molecule has 1 heterocycles. The summed E-state index contributed by atoms with van der Waals surface area (Å²) in [5, 5.41) is 9.99. The van der Waals surface area contributed by atoms with Crippen molar-refractivity contribution in [3.8, 4) is 33.4 Å². The normalized spacial score (nSPS) is 12.1. The van der Waals surface area contributed by atoms with Gasteiger partial charge in [-0.2, -0.15) is 0 Å². The number of rotatable bonds is 3. The topological polar surface area (TPSA) is 0 Å². The van der Waals surface area contributed by atoms with E-state index in [-0.39, 0.29) is 0 Å². The summed E-state index contributed by atoms with van der Waals surface area (Å²) in [4.78, 5) is 0. The maximum Gasteiger partial charge on any atom is 0.0623 e. The van der Waals surface area contributed by atoms with Crippen LogP contribution in [0.4, 0.5) is 0 Å². The molecule has 9 rings (SSSR count). The number of fused-ring (bicyclic) bond motifs is 6. The van der Waals surface area contributed by atoms with Gasteiger partial charge in [0.25, 0.3) is 0 Å². The fraction of sp³-hybridized carbons (Fsp3) is 0.0233. The molecule has 0 unspecified atom stereocenters. The van der Waals surface area contributed by atoms with Crippen LogP contribution in [-0.2, 0) is 0 Å². The van der Waals surface area contributed by atoms with Gasteiger partial charge in [0, 0.05) is 20.2 Å². The Morgan fingerprint density at radius 1 is 0.455 bits per heavy atom. The second-order valence-electron chi connectivity index (χ2n) is 11.7. The minimum absolute atomic E-state index is 0.540. The molecule has 0 nitrogen and oxygen atoms in total. The van der Waals surface area contributed by atoms with Crippen molar-refractivity contribution in [3.63, 3.8) is 0 Å². The van der Waals surface area contributed by atoms with Crippen molar-refractivity contribution in [1.82, 2.24) is 0 Å². The zero-order valence-electron chi connectivity index (χ0n) is 25.3. The standard InChI is InChI=1S/C43H28S/c1-27-20-23-37-40(24-27)44-39-19-9-18-38(43(37)39)42-35-16-6-4-14-33(35)41(34-15-5-7-17-36(34)42)32-13-8-12-30(26-32)31-22-21-28-10-2-3-11-29(28)25-31/h2-26H,1H3/i2D. The van der Waals surface area contributed by atoms with Crippen LogP contribution in [0.1, 0.15) is 6.93 Å². The van der Waals surface area contributed by atoms with Gasteiger partial charge in [0.15, 0.2) is 0 Å². The van der Waals surface area contributed by atoms with Crippen LogP contribution >= 0.6 is 11.3 Å². The molecule has 1 heteroatoms. The summed E-state index contributed by atoms with van der Waals surface area (Å²) in [6.07, 6.45) is 0. The predicted octanol–water partition coefficient (Wildman–Crippen LogP) is 12.8. The summed E-state index contributed by atoms with van der Waals surface area (Å²) in [7, 11) is 0. The first-order valence-corrected chi connectivity index (χ1v) is 15.9. The van der Waals surface area contributed by atoms with Crippen molar-refractivity contribution in [2.45, 2.75) is 6.92 Å². The Kier molecular flexibility index (Phi) is 5.46. The molecule has 1 aromatic heterocycles. The fourth-order valence-corrected chi connectivity index (χ4v) is 8.26. The van der Waals surface area contributed by atoms with Gasteiger partial charge >= 0.3 is 0 Å². The highest BCUT2D eigenvalue weighted by Crippen LogP contribution is 2.48. The van der Waals surface area contributed by atoms with Gasteiger partial charge in [-0.1, -0.05) is 127 Å². The Morgan fingerprint density at radius 3 is 1.95 bits per heavy atom. The molecule has 0 spiro atoms. The van der Waals surface area contributed by atoms with Crippen LogP contribution in [-0.4, -0.2) is 0 Å². The lowest BCUT2D eigenvalue weighted by molar-refractivity contribution is 1.52. The van der Waals surface area contributed by atoms with Crippen molar-refractivity contribution in [2.24, 2.45) is 0 Å². The first-order chi connectivity index (χ1) is 22.1. The highest BCUT2D eigenvalue weighted by molar-refractivity contribution is 7.26. The number of thiophene rings is 1. The van der Waals surface area contributed by atoms with Gasteiger partial charge in [0.2, 0.25) is 0 Å². The Morgan fingerprint density at radius 2 is 1.16 bits per heavy atom. The summed E-state index contributed by atoms with van der Waals surface area (Å²) < 4.78 is 10.7. The van der Waals surface area contributed by atoms with Crippen molar-refractivity contribution in [2.75, 3.05) is 0 Å². The van der Waals surface area contributed by atoms with Crippen molar-refractivity contribution < 1.29 is 1.37 Å². The van der Waals surface area contributed by atoms with Crippen LogP contribution in [0.5, 0.6) is 0 Å². The maximum atomic E-state index is 8.00. The molecule has 0 fully saturated rings. The molecule has 0 saturated carbocycles. The molecule has 9 aromatic rings. The molecule has 206 valence electrons. The van der Waals surface area contributed by atoms with Crippen LogP contribution < -0.4 is 0 Å². The van der Waals surface area contributed by atoms with Gasteiger partial charge < -0.3 is 0 Å². The molecular formula is C43H28S. The lowest BCUT2D eigenvalue weighted by Gasteiger charge is -2.19. The molecule has 0 atom stereocenters. The summed E-state index contributed by atoms with van der Waals surface area (Å²) in [5.41, 5.74) is 8.73. The summed E-state index contributed by atoms with van der Waals surface area (Å²) in [5.74, 6) is 0. The number of hydrogen-bond acceptors (Lipinski definition) is 1. The Balaban J connectivity index is 1.32. The average Bonchev–Trinajstić information content (AvgIpc) is 3.45. The molecule has 0 aliphatic carbocycles. The zero-order chi connectivity index (χ0) is 30.1. The average molecular weight is 578 g/mol. The molecule has 44 heavy (non-hydrogen) atoms. The predicted molar refractivity (Wildman–Crippen MR) is 193 cm³/mol. The first kappa shape index (κ1) is 24.2. The third-order valence-electron chi connectivity index (χ3n) is 9.02. The van der Waals surface area contributed by atoms with Crippen LogP contribution in [0.3, 0.4) is 0 Å². The van der Waals surface area contributed by atoms with Gasteiger partial charge in [-0.05, 0) is 102 Å². The van der Waals surface area contributed by atoms with E-state index in [1.54, 1.807) is 0 Å². The lowest BCUT2D eigenvalue weighted by atomic mass is 9.84. The molecule has 0 radical (unpaired) electrons. The third-order valence-corrected chi connectivity index (χ3v) is 10.1. The number of hydrogen-bond donors (Lipinski definition) is 0. The molecule has 0 aliphatic heterocycles. The van der Waals surface area contributed by atoms with Crippen LogP contribution in [0.15, 0.2) is 152 Å². The van der Waals surface area contributed by atoms with Gasteiger partial charge in [0.1, 0.15) is 0 Å². The minimum atomic E-state index is 0.540. The monoisotopic (exact) mass is 577 g/mol. The fourth-order valence-electron chi connectivity index (χ4n) is 7.03. The quantitative estimate of drug-likeness (QED) is 0.183. The smallest absolute Gasteiger partial charge is 0.0623 e. The second kappa shape index (κ2) is 9.91. The highest BCUT2D eigenvalue weighted by Gasteiger charge is 2.19. The van der Waals surface area contributed by atoms with E-state index in [1.165, 1.54) is 80.7 Å². The van der Waals surface area contributed by atoms with Gasteiger partial charge in [0.05, 0.1) is 1.37 Å². The van der Waals surface area contributed by atoms with E-state index in [0.717, 1.165) is 10.8 Å². The number of aryl methyl sites for hydroxylation is 1. The van der Waals surface area contributed by atoms with Crippen molar-refractivity contribution >= 4 is 63.8 Å². The molecule has 0 saturated heterocycles. The summed E-state index contributed by atoms with van der Waals surface area (Å²) in [6, 6.07) is 53.4. The summed E-state index contributed by atoms with van der Waals surface area (Å²) in [6.45, 7) is 2.17. The Hall–Kier alpha value is -5.24. The SMILES string of the molecule is [2H]c1ccc2cc(-c3cccc(-c4c5ccccc5c(-c5cccc6sc7cc(C)ccc7c56)c5ccccc45)c3)ccc2c1. The maximum absolute atomic E-state index is 8.00. The largest absolute Gasteiger partial charge is 0.135 e. The van der Waals surface area contributed by atoms with Gasteiger partial charge in [-0.3, -0.25) is 0 Å². The highest BCUT2D eigenvalue weighted by atomic mass is 32.1. The Labute approximate surface area is 261 Å². The van der Waals surface area contributed by atoms with Crippen molar-refractivity contribution in [3.05, 3.63) is 157 Å². The van der Waals surface area contributed by atoms with E-state index in [2.05, 4.69) is 134 Å². The van der Waals surface area contributed by atoms with Gasteiger partial charge in [-0.25, -0.2) is 0 Å². The van der Waals surface area contributed by atoms with Gasteiger partial charge in [-0.15, -0.1) is 11.3 Å². The first-order valence-electron chi connectivity index (χ1n) is 15.6. The molecule has 8 aromatic carbocycles.